The van der Waals surface area contributed by atoms with Crippen molar-refractivity contribution in [3.05, 3.63) is 47.2 Å². The van der Waals surface area contributed by atoms with Crippen molar-refractivity contribution < 1.29 is 4.74 Å². The van der Waals surface area contributed by atoms with Crippen molar-refractivity contribution in [2.75, 3.05) is 6.54 Å². The molecular formula is C14H13ClN2O. The summed E-state index contributed by atoms with van der Waals surface area (Å²) in [6, 6.07) is 7.76. The maximum Gasteiger partial charge on any atom is 0.131 e. The van der Waals surface area contributed by atoms with Gasteiger partial charge in [-0.25, -0.2) is 0 Å². The van der Waals surface area contributed by atoms with Crippen LogP contribution in [0.3, 0.4) is 0 Å². The van der Waals surface area contributed by atoms with Crippen molar-refractivity contribution >= 4 is 11.6 Å². The summed E-state index contributed by atoms with van der Waals surface area (Å²) in [6.45, 7) is 0.513. The Morgan fingerprint density at radius 3 is 3.06 bits per heavy atom. The highest BCUT2D eigenvalue weighted by Crippen LogP contribution is 2.40. The molecule has 1 aliphatic rings. The number of nitrogens with zero attached hydrogens (tertiary/aromatic N) is 1. The summed E-state index contributed by atoms with van der Waals surface area (Å²) in [5.74, 6) is 0.892. The maximum absolute atomic E-state index is 6.16. The third-order valence-corrected chi connectivity index (χ3v) is 3.32. The molecule has 92 valence electrons. The standard InChI is InChI=1S/C14H13ClN2O/c15-11-4-10-5-12(7-16)18-14(10)13(6-11)9-2-1-3-17-8-9/h1-4,6,8,12H,5,7,16H2/t12-/m0/s1. The fraction of sp³-hybridized carbons (Fsp3) is 0.214. The molecule has 0 radical (unpaired) electrons. The van der Waals surface area contributed by atoms with E-state index in [0.29, 0.717) is 11.6 Å². The van der Waals surface area contributed by atoms with Crippen molar-refractivity contribution in [1.29, 1.82) is 0 Å². The molecule has 0 unspecified atom stereocenters. The van der Waals surface area contributed by atoms with E-state index in [1.807, 2.05) is 30.5 Å². The minimum absolute atomic E-state index is 0.0499. The molecule has 0 bridgehead atoms. The molecular weight excluding hydrogens is 248 g/mol. The van der Waals surface area contributed by atoms with Crippen molar-refractivity contribution in [2.45, 2.75) is 12.5 Å². The molecule has 18 heavy (non-hydrogen) atoms. The van der Waals surface area contributed by atoms with E-state index in [0.717, 1.165) is 28.9 Å². The SMILES string of the molecule is NC[C@@H]1Cc2cc(Cl)cc(-c3cccnc3)c2O1. The van der Waals surface area contributed by atoms with Gasteiger partial charge in [0.1, 0.15) is 11.9 Å². The summed E-state index contributed by atoms with van der Waals surface area (Å²) >= 11 is 6.16. The molecule has 1 aromatic heterocycles. The van der Waals surface area contributed by atoms with E-state index in [1.165, 1.54) is 0 Å². The quantitative estimate of drug-likeness (QED) is 0.903. The van der Waals surface area contributed by atoms with Crippen LogP contribution in [0.25, 0.3) is 11.1 Å². The number of nitrogens with two attached hydrogens (primary N) is 1. The van der Waals surface area contributed by atoms with Crippen LogP contribution in [0.15, 0.2) is 36.7 Å². The lowest BCUT2D eigenvalue weighted by molar-refractivity contribution is 0.242. The predicted octanol–water partition coefficient (Wildman–Crippen LogP) is 2.66. The van der Waals surface area contributed by atoms with E-state index in [2.05, 4.69) is 4.98 Å². The second-order valence-corrected chi connectivity index (χ2v) is 4.80. The topological polar surface area (TPSA) is 48.1 Å². The number of halogens is 1. The fourth-order valence-electron chi connectivity index (χ4n) is 2.26. The Hall–Kier alpha value is -1.58. The van der Waals surface area contributed by atoms with E-state index in [-0.39, 0.29) is 6.10 Å². The van der Waals surface area contributed by atoms with Crippen LogP contribution in [-0.2, 0) is 6.42 Å². The number of hydrogen-bond acceptors (Lipinski definition) is 3. The van der Waals surface area contributed by atoms with Crippen molar-refractivity contribution in [3.8, 4) is 16.9 Å². The largest absolute Gasteiger partial charge is 0.488 e. The summed E-state index contributed by atoms with van der Waals surface area (Å²) < 4.78 is 5.89. The third-order valence-electron chi connectivity index (χ3n) is 3.10. The van der Waals surface area contributed by atoms with Crippen LogP contribution in [0.5, 0.6) is 5.75 Å². The lowest BCUT2D eigenvalue weighted by Gasteiger charge is -2.11. The van der Waals surface area contributed by atoms with Gasteiger partial charge in [-0.15, -0.1) is 0 Å². The van der Waals surface area contributed by atoms with E-state index in [4.69, 9.17) is 22.1 Å². The maximum atomic E-state index is 6.16. The Kier molecular flexibility index (Phi) is 2.94. The van der Waals surface area contributed by atoms with Crippen molar-refractivity contribution in [1.82, 2.24) is 4.98 Å². The van der Waals surface area contributed by atoms with Crippen molar-refractivity contribution in [3.63, 3.8) is 0 Å². The van der Waals surface area contributed by atoms with Gasteiger partial charge in [0.2, 0.25) is 0 Å². The van der Waals surface area contributed by atoms with E-state index in [1.54, 1.807) is 6.20 Å². The smallest absolute Gasteiger partial charge is 0.131 e. The summed E-state index contributed by atoms with van der Waals surface area (Å²) in [7, 11) is 0. The zero-order valence-corrected chi connectivity index (χ0v) is 10.5. The number of aromatic nitrogens is 1. The van der Waals surface area contributed by atoms with Crippen LogP contribution >= 0.6 is 11.6 Å². The van der Waals surface area contributed by atoms with Crippen LogP contribution in [-0.4, -0.2) is 17.6 Å². The van der Waals surface area contributed by atoms with Crippen molar-refractivity contribution in [2.24, 2.45) is 5.73 Å². The van der Waals surface area contributed by atoms with Crippen LogP contribution < -0.4 is 10.5 Å². The molecule has 0 amide bonds. The second kappa shape index (κ2) is 4.59. The minimum Gasteiger partial charge on any atom is -0.488 e. The fourth-order valence-corrected chi connectivity index (χ4v) is 2.50. The first-order valence-electron chi connectivity index (χ1n) is 5.87. The zero-order valence-electron chi connectivity index (χ0n) is 9.77. The molecule has 4 heteroatoms. The highest BCUT2D eigenvalue weighted by molar-refractivity contribution is 6.31. The highest BCUT2D eigenvalue weighted by Gasteiger charge is 2.25. The number of ether oxygens (including phenoxy) is 1. The second-order valence-electron chi connectivity index (χ2n) is 4.36. The monoisotopic (exact) mass is 260 g/mol. The molecule has 0 saturated heterocycles. The van der Waals surface area contributed by atoms with Gasteiger partial charge in [-0.05, 0) is 23.8 Å². The number of pyridine rings is 1. The van der Waals surface area contributed by atoms with Gasteiger partial charge < -0.3 is 10.5 Å². The molecule has 1 aromatic carbocycles. The van der Waals surface area contributed by atoms with Gasteiger partial charge in [-0.2, -0.15) is 0 Å². The highest BCUT2D eigenvalue weighted by atomic mass is 35.5. The number of benzene rings is 1. The van der Waals surface area contributed by atoms with Crippen LogP contribution in [0.4, 0.5) is 0 Å². The van der Waals surface area contributed by atoms with E-state index in [9.17, 15) is 0 Å². The van der Waals surface area contributed by atoms with E-state index >= 15 is 0 Å². The van der Waals surface area contributed by atoms with Crippen LogP contribution in [0.2, 0.25) is 5.02 Å². The normalized spacial score (nSPS) is 17.3. The molecule has 2 aromatic rings. The molecule has 0 saturated carbocycles. The molecule has 3 rings (SSSR count). The Morgan fingerprint density at radius 1 is 1.44 bits per heavy atom. The van der Waals surface area contributed by atoms with Crippen LogP contribution in [0, 0.1) is 0 Å². The number of rotatable bonds is 2. The number of hydrogen-bond donors (Lipinski definition) is 1. The van der Waals surface area contributed by atoms with Crippen LogP contribution in [0.1, 0.15) is 5.56 Å². The average Bonchev–Trinajstić information content (AvgIpc) is 2.81. The predicted molar refractivity (Wildman–Crippen MR) is 71.9 cm³/mol. The molecule has 0 aliphatic carbocycles. The first-order chi connectivity index (χ1) is 8.78. The van der Waals surface area contributed by atoms with Gasteiger partial charge >= 0.3 is 0 Å². The lowest BCUT2D eigenvalue weighted by atomic mass is 10.0. The molecule has 1 aliphatic heterocycles. The van der Waals surface area contributed by atoms with Gasteiger partial charge in [0.25, 0.3) is 0 Å². The van der Waals surface area contributed by atoms with Gasteiger partial charge in [-0.3, -0.25) is 4.98 Å². The summed E-state index contributed by atoms with van der Waals surface area (Å²) in [5.41, 5.74) is 8.79. The first kappa shape index (κ1) is 11.5. The Balaban J connectivity index is 2.12. The molecule has 2 N–H and O–H groups in total. The lowest BCUT2D eigenvalue weighted by Crippen LogP contribution is -2.24. The Bertz CT molecular complexity index is 572. The van der Waals surface area contributed by atoms with Gasteiger partial charge in [0, 0.05) is 41.5 Å². The molecule has 1 atom stereocenters. The van der Waals surface area contributed by atoms with Gasteiger partial charge in [0.15, 0.2) is 0 Å². The summed E-state index contributed by atoms with van der Waals surface area (Å²) in [4.78, 5) is 4.13. The van der Waals surface area contributed by atoms with E-state index < -0.39 is 0 Å². The summed E-state index contributed by atoms with van der Waals surface area (Å²) in [6.07, 6.45) is 4.43. The minimum atomic E-state index is 0.0499. The molecule has 0 spiro atoms. The Morgan fingerprint density at radius 2 is 2.33 bits per heavy atom. The molecule has 3 nitrogen and oxygen atoms in total. The molecule has 2 heterocycles. The zero-order chi connectivity index (χ0) is 12.5. The number of fused-ring (bicyclic) bond motifs is 1. The van der Waals surface area contributed by atoms with Gasteiger partial charge in [-0.1, -0.05) is 17.7 Å². The first-order valence-corrected chi connectivity index (χ1v) is 6.25. The summed E-state index contributed by atoms with van der Waals surface area (Å²) in [5, 5.41) is 0.717. The third kappa shape index (κ3) is 1.96. The van der Waals surface area contributed by atoms with Gasteiger partial charge in [0.05, 0.1) is 0 Å². The Labute approximate surface area is 111 Å². The molecule has 0 fully saturated rings. The average molecular weight is 261 g/mol.